The molecule has 0 radical (unpaired) electrons. The first-order valence-electron chi connectivity index (χ1n) is 10.7. The summed E-state index contributed by atoms with van der Waals surface area (Å²) in [6.45, 7) is 8.01. The highest BCUT2D eigenvalue weighted by atomic mass is 16.5. The van der Waals surface area contributed by atoms with Gasteiger partial charge in [0.25, 0.3) is 5.91 Å². The molecule has 0 saturated carbocycles. The second-order valence-corrected chi connectivity index (χ2v) is 7.83. The van der Waals surface area contributed by atoms with Gasteiger partial charge in [-0.2, -0.15) is 0 Å². The highest BCUT2D eigenvalue weighted by molar-refractivity contribution is 5.80. The Morgan fingerprint density at radius 2 is 1.86 bits per heavy atom. The van der Waals surface area contributed by atoms with E-state index in [-0.39, 0.29) is 18.0 Å². The van der Waals surface area contributed by atoms with E-state index in [0.29, 0.717) is 0 Å². The molecule has 2 atom stereocenters. The molecule has 1 heterocycles. The van der Waals surface area contributed by atoms with Gasteiger partial charge in [-0.1, -0.05) is 49.7 Å². The number of hydrogen-bond acceptors (Lipinski definition) is 3. The molecule has 0 unspecified atom stereocenters. The maximum absolute atomic E-state index is 13.0. The Balaban J connectivity index is 1.56. The first-order chi connectivity index (χ1) is 14.1. The zero-order valence-electron chi connectivity index (χ0n) is 17.9. The molecule has 1 amide bonds. The van der Waals surface area contributed by atoms with Gasteiger partial charge in [-0.25, -0.2) is 0 Å². The molecule has 0 aromatic heterocycles. The zero-order valence-corrected chi connectivity index (χ0v) is 17.9. The number of nitrogens with one attached hydrogen (secondary N) is 2. The Morgan fingerprint density at radius 1 is 1.14 bits per heavy atom. The van der Waals surface area contributed by atoms with E-state index >= 15 is 0 Å². The van der Waals surface area contributed by atoms with Crippen LogP contribution in [0.15, 0.2) is 54.6 Å². The highest BCUT2D eigenvalue weighted by Gasteiger charge is 2.30. The summed E-state index contributed by atoms with van der Waals surface area (Å²) >= 11 is 0. The normalized spacial score (nSPS) is 16.9. The summed E-state index contributed by atoms with van der Waals surface area (Å²) in [5.74, 6) is 1.03. The summed E-state index contributed by atoms with van der Waals surface area (Å²) in [6.07, 6.45) is 2.00. The molecule has 156 valence electrons. The van der Waals surface area contributed by atoms with Crippen molar-refractivity contribution < 1.29 is 14.4 Å². The van der Waals surface area contributed by atoms with Crippen LogP contribution < -0.4 is 19.9 Å². The Labute approximate surface area is 174 Å². The van der Waals surface area contributed by atoms with Crippen molar-refractivity contribution in [3.05, 3.63) is 60.2 Å². The molecule has 0 bridgehead atoms. The molecule has 0 aliphatic carbocycles. The summed E-state index contributed by atoms with van der Waals surface area (Å²) in [5.41, 5.74) is 2.38. The SMILES string of the molecule is CCC[C@@H](NC(=O)[C@@H](C)[NH+]1CCN(c2cccc(OC)c2)CC1)c1ccccc1. The molecule has 3 rings (SSSR count). The zero-order chi connectivity index (χ0) is 20.6. The molecular formula is C24H34N3O2+. The number of hydrogen-bond donors (Lipinski definition) is 2. The van der Waals surface area contributed by atoms with Gasteiger partial charge in [0.15, 0.2) is 6.04 Å². The summed E-state index contributed by atoms with van der Waals surface area (Å²) < 4.78 is 5.34. The number of piperazine rings is 1. The van der Waals surface area contributed by atoms with Crippen LogP contribution in [-0.4, -0.2) is 45.2 Å². The molecule has 0 spiro atoms. The third-order valence-corrected chi connectivity index (χ3v) is 5.93. The monoisotopic (exact) mass is 396 g/mol. The van der Waals surface area contributed by atoms with Gasteiger partial charge in [-0.05, 0) is 31.0 Å². The number of quaternary nitrogens is 1. The molecule has 5 nitrogen and oxygen atoms in total. The van der Waals surface area contributed by atoms with Crippen molar-refractivity contribution in [3.8, 4) is 5.75 Å². The first kappa shape index (κ1) is 21.2. The van der Waals surface area contributed by atoms with E-state index in [4.69, 9.17) is 4.74 Å². The minimum Gasteiger partial charge on any atom is -0.497 e. The molecule has 1 saturated heterocycles. The summed E-state index contributed by atoms with van der Waals surface area (Å²) in [4.78, 5) is 16.7. The maximum atomic E-state index is 13.0. The van der Waals surface area contributed by atoms with Crippen LogP contribution in [0.1, 0.15) is 38.3 Å². The summed E-state index contributed by atoms with van der Waals surface area (Å²) in [5, 5.41) is 3.30. The van der Waals surface area contributed by atoms with Crippen molar-refractivity contribution in [1.29, 1.82) is 0 Å². The predicted octanol–water partition coefficient (Wildman–Crippen LogP) is 2.45. The number of anilines is 1. The third-order valence-electron chi connectivity index (χ3n) is 5.93. The standard InChI is InChI=1S/C24H33N3O2/c1-4-9-23(20-10-6-5-7-11-20)25-24(28)19(2)26-14-16-27(17-15-26)21-12-8-13-22(18-21)29-3/h5-8,10-13,18-19,23H,4,9,14-17H2,1-3H3,(H,25,28)/p+1/t19-,23-/m1/s1. The molecule has 1 aliphatic rings. The van der Waals surface area contributed by atoms with Crippen LogP contribution in [-0.2, 0) is 4.79 Å². The Kier molecular flexibility index (Phi) is 7.53. The molecule has 1 fully saturated rings. The topological polar surface area (TPSA) is 46.0 Å². The van der Waals surface area contributed by atoms with Crippen molar-refractivity contribution in [2.24, 2.45) is 0 Å². The number of methoxy groups -OCH3 is 1. The number of benzene rings is 2. The Morgan fingerprint density at radius 3 is 2.52 bits per heavy atom. The van der Waals surface area contributed by atoms with Gasteiger partial charge in [-0.15, -0.1) is 0 Å². The molecule has 29 heavy (non-hydrogen) atoms. The van der Waals surface area contributed by atoms with Crippen molar-refractivity contribution in [2.45, 2.75) is 38.8 Å². The van der Waals surface area contributed by atoms with Gasteiger partial charge in [0, 0.05) is 11.8 Å². The van der Waals surface area contributed by atoms with E-state index in [1.807, 2.05) is 30.3 Å². The average molecular weight is 397 g/mol. The number of amides is 1. The lowest BCUT2D eigenvalue weighted by Gasteiger charge is -2.36. The van der Waals surface area contributed by atoms with Crippen molar-refractivity contribution >= 4 is 11.6 Å². The van der Waals surface area contributed by atoms with Gasteiger partial charge in [0.2, 0.25) is 0 Å². The van der Waals surface area contributed by atoms with Gasteiger partial charge in [0.1, 0.15) is 5.75 Å². The lowest BCUT2D eigenvalue weighted by Crippen LogP contribution is -3.19. The lowest BCUT2D eigenvalue weighted by atomic mass is 10.0. The molecule has 1 aliphatic heterocycles. The number of carbonyl (C=O) groups is 1. The lowest BCUT2D eigenvalue weighted by molar-refractivity contribution is -0.914. The van der Waals surface area contributed by atoms with Crippen LogP contribution in [0.2, 0.25) is 0 Å². The first-order valence-corrected chi connectivity index (χ1v) is 10.7. The molecule has 5 heteroatoms. The highest BCUT2D eigenvalue weighted by Crippen LogP contribution is 2.21. The van der Waals surface area contributed by atoms with Crippen LogP contribution in [0.25, 0.3) is 0 Å². The minimum atomic E-state index is -0.0504. The second kappa shape index (κ2) is 10.3. The quantitative estimate of drug-likeness (QED) is 0.721. The van der Waals surface area contributed by atoms with Crippen LogP contribution in [0.4, 0.5) is 5.69 Å². The van der Waals surface area contributed by atoms with Gasteiger partial charge < -0.3 is 19.9 Å². The van der Waals surface area contributed by atoms with E-state index in [1.54, 1.807) is 7.11 Å². The Hall–Kier alpha value is -2.53. The molecule has 2 aromatic carbocycles. The average Bonchev–Trinajstić information content (AvgIpc) is 2.79. The van der Waals surface area contributed by atoms with Gasteiger partial charge in [0.05, 0.1) is 39.3 Å². The fraction of sp³-hybridized carbons (Fsp3) is 0.458. The van der Waals surface area contributed by atoms with Crippen LogP contribution in [0, 0.1) is 0 Å². The van der Waals surface area contributed by atoms with Crippen LogP contribution in [0.3, 0.4) is 0 Å². The molecular weight excluding hydrogens is 362 g/mol. The predicted molar refractivity (Wildman–Crippen MR) is 118 cm³/mol. The minimum absolute atomic E-state index is 0.0504. The fourth-order valence-corrected chi connectivity index (χ4v) is 4.07. The number of nitrogens with zero attached hydrogens (tertiary/aromatic N) is 1. The van der Waals surface area contributed by atoms with E-state index in [0.717, 1.165) is 44.8 Å². The van der Waals surface area contributed by atoms with Crippen molar-refractivity contribution in [3.63, 3.8) is 0 Å². The summed E-state index contributed by atoms with van der Waals surface area (Å²) in [6, 6.07) is 18.5. The van der Waals surface area contributed by atoms with Crippen molar-refractivity contribution in [2.75, 3.05) is 38.2 Å². The largest absolute Gasteiger partial charge is 0.497 e. The maximum Gasteiger partial charge on any atom is 0.278 e. The number of rotatable bonds is 8. The van der Waals surface area contributed by atoms with E-state index in [2.05, 4.69) is 48.3 Å². The number of carbonyl (C=O) groups excluding carboxylic acids is 1. The van der Waals surface area contributed by atoms with E-state index in [9.17, 15) is 4.79 Å². The Bertz CT molecular complexity index is 773. The van der Waals surface area contributed by atoms with Crippen LogP contribution >= 0.6 is 0 Å². The van der Waals surface area contributed by atoms with Crippen LogP contribution in [0.5, 0.6) is 5.75 Å². The van der Waals surface area contributed by atoms with E-state index in [1.165, 1.54) is 16.2 Å². The fourth-order valence-electron chi connectivity index (χ4n) is 4.07. The van der Waals surface area contributed by atoms with E-state index < -0.39 is 0 Å². The van der Waals surface area contributed by atoms with Crippen molar-refractivity contribution in [1.82, 2.24) is 5.32 Å². The molecule has 2 aromatic rings. The molecule has 2 N–H and O–H groups in total. The second-order valence-electron chi connectivity index (χ2n) is 7.83. The third kappa shape index (κ3) is 5.51. The van der Waals surface area contributed by atoms with Gasteiger partial charge >= 0.3 is 0 Å². The smallest absolute Gasteiger partial charge is 0.278 e. The summed E-state index contributed by atoms with van der Waals surface area (Å²) in [7, 11) is 1.70. The van der Waals surface area contributed by atoms with Gasteiger partial charge in [-0.3, -0.25) is 4.79 Å². The number of ether oxygens (including phenoxy) is 1.